The molecule has 0 aromatic carbocycles. The third kappa shape index (κ3) is 3.98. The molecule has 3 rings (SSSR count). The zero-order valence-corrected chi connectivity index (χ0v) is 16.1. The van der Waals surface area contributed by atoms with Gasteiger partial charge in [0.05, 0.1) is 0 Å². The van der Waals surface area contributed by atoms with Gasteiger partial charge in [-0.3, -0.25) is 4.79 Å². The van der Waals surface area contributed by atoms with Crippen molar-refractivity contribution in [1.29, 1.82) is 0 Å². The van der Waals surface area contributed by atoms with Gasteiger partial charge >= 0.3 is 6.09 Å². The van der Waals surface area contributed by atoms with Crippen molar-refractivity contribution >= 4 is 12.0 Å². The maximum absolute atomic E-state index is 12.9. The average Bonchev–Trinajstić information content (AvgIpc) is 2.86. The molecule has 2 amide bonds. The lowest BCUT2D eigenvalue weighted by atomic mass is 9.77. The number of nitrogens with one attached hydrogen (secondary N) is 1. The van der Waals surface area contributed by atoms with Crippen LogP contribution in [0.5, 0.6) is 0 Å². The second kappa shape index (κ2) is 7.72. The Morgan fingerprint density at radius 2 is 1.73 bits per heavy atom. The van der Waals surface area contributed by atoms with Crippen molar-refractivity contribution < 1.29 is 19.4 Å². The predicted molar refractivity (Wildman–Crippen MR) is 98.2 cm³/mol. The Morgan fingerprint density at radius 1 is 1.04 bits per heavy atom. The van der Waals surface area contributed by atoms with Crippen molar-refractivity contribution in [2.24, 2.45) is 0 Å². The van der Waals surface area contributed by atoms with Gasteiger partial charge in [0, 0.05) is 44.9 Å². The van der Waals surface area contributed by atoms with Crippen LogP contribution in [0.2, 0.25) is 0 Å². The van der Waals surface area contributed by atoms with Gasteiger partial charge in [0.2, 0.25) is 0 Å². The molecule has 0 radical (unpaired) electrons. The van der Waals surface area contributed by atoms with Crippen LogP contribution in [-0.2, 0) is 9.53 Å². The van der Waals surface area contributed by atoms with E-state index in [-0.39, 0.29) is 11.4 Å². The molecule has 1 atom stereocenters. The third-order valence-electron chi connectivity index (χ3n) is 6.77. The number of hydrogen-bond acceptors (Lipinski definition) is 4. The first-order valence-electron chi connectivity index (χ1n) is 9.97. The van der Waals surface area contributed by atoms with E-state index in [1.807, 2.05) is 0 Å². The topological polar surface area (TPSA) is 82.1 Å². The standard InChI is InChI=1S/C19H33N3O4/c1-18(7-4-8-18)20-16(23)19(26-2)9-13-21(14-10-19)15-5-3-11-22(12-6-15)17(24)25/h15H,3-14H2,1-2H3,(H,20,23)(H,24,25). The second-order valence-electron chi connectivity index (χ2n) is 8.46. The van der Waals surface area contributed by atoms with Gasteiger partial charge in [-0.25, -0.2) is 4.79 Å². The Hall–Kier alpha value is -1.34. The molecule has 2 saturated heterocycles. The maximum atomic E-state index is 12.9. The van der Waals surface area contributed by atoms with E-state index in [2.05, 4.69) is 17.1 Å². The summed E-state index contributed by atoms with van der Waals surface area (Å²) >= 11 is 0. The number of nitrogens with zero attached hydrogens (tertiary/aromatic N) is 2. The number of amides is 2. The molecule has 0 bridgehead atoms. The summed E-state index contributed by atoms with van der Waals surface area (Å²) in [6, 6.07) is 0.404. The van der Waals surface area contributed by atoms with Crippen LogP contribution in [-0.4, -0.2) is 77.4 Å². The first kappa shape index (κ1) is 19.4. The van der Waals surface area contributed by atoms with Crippen LogP contribution >= 0.6 is 0 Å². The molecule has 7 nitrogen and oxygen atoms in total. The van der Waals surface area contributed by atoms with Crippen LogP contribution < -0.4 is 5.32 Å². The first-order chi connectivity index (χ1) is 12.4. The minimum atomic E-state index is -0.816. The second-order valence-corrected chi connectivity index (χ2v) is 8.46. The zero-order chi connectivity index (χ0) is 18.8. The van der Waals surface area contributed by atoms with E-state index in [0.29, 0.717) is 32.0 Å². The number of methoxy groups -OCH3 is 1. The molecule has 26 heavy (non-hydrogen) atoms. The quantitative estimate of drug-likeness (QED) is 0.795. The monoisotopic (exact) mass is 367 g/mol. The van der Waals surface area contributed by atoms with Crippen LogP contribution in [0.25, 0.3) is 0 Å². The number of hydrogen-bond donors (Lipinski definition) is 2. The number of piperidine rings is 1. The Kier molecular flexibility index (Phi) is 5.77. The van der Waals surface area contributed by atoms with E-state index >= 15 is 0 Å². The minimum Gasteiger partial charge on any atom is -0.465 e. The summed E-state index contributed by atoms with van der Waals surface area (Å²) in [7, 11) is 1.65. The molecule has 7 heteroatoms. The van der Waals surface area contributed by atoms with Crippen molar-refractivity contribution in [3.05, 3.63) is 0 Å². The molecule has 1 saturated carbocycles. The van der Waals surface area contributed by atoms with E-state index in [4.69, 9.17) is 4.74 Å². The van der Waals surface area contributed by atoms with Crippen molar-refractivity contribution in [1.82, 2.24) is 15.1 Å². The lowest BCUT2D eigenvalue weighted by molar-refractivity contribution is -0.153. The lowest BCUT2D eigenvalue weighted by Gasteiger charge is -2.46. The average molecular weight is 367 g/mol. The first-order valence-corrected chi connectivity index (χ1v) is 9.97. The van der Waals surface area contributed by atoms with Crippen LogP contribution in [0.1, 0.15) is 58.3 Å². The number of carboxylic acid groups (broad SMARTS) is 1. The highest BCUT2D eigenvalue weighted by Gasteiger charge is 2.46. The van der Waals surface area contributed by atoms with Gasteiger partial charge in [0.25, 0.3) is 5.91 Å². The van der Waals surface area contributed by atoms with E-state index in [9.17, 15) is 14.7 Å². The van der Waals surface area contributed by atoms with Crippen LogP contribution in [0.4, 0.5) is 4.79 Å². The minimum absolute atomic E-state index is 0.0415. The van der Waals surface area contributed by atoms with Gasteiger partial charge < -0.3 is 25.0 Å². The molecule has 0 aromatic rings. The molecule has 2 N–H and O–H groups in total. The van der Waals surface area contributed by atoms with Gasteiger partial charge in [0.15, 0.2) is 0 Å². The Labute approximate surface area is 156 Å². The van der Waals surface area contributed by atoms with E-state index in [1.165, 1.54) is 11.3 Å². The number of rotatable bonds is 4. The molecule has 2 aliphatic heterocycles. The molecule has 3 aliphatic rings. The summed E-state index contributed by atoms with van der Waals surface area (Å²) in [5, 5.41) is 12.4. The fraction of sp³-hybridized carbons (Fsp3) is 0.895. The van der Waals surface area contributed by atoms with Gasteiger partial charge in [0.1, 0.15) is 5.60 Å². The van der Waals surface area contributed by atoms with Gasteiger partial charge in [-0.2, -0.15) is 0 Å². The molecule has 2 heterocycles. The number of carbonyl (C=O) groups excluding carboxylic acids is 1. The molecular weight excluding hydrogens is 334 g/mol. The Balaban J connectivity index is 1.55. The summed E-state index contributed by atoms with van der Waals surface area (Å²) in [5.74, 6) is 0.0415. The summed E-state index contributed by atoms with van der Waals surface area (Å²) < 4.78 is 5.74. The molecule has 0 aromatic heterocycles. The fourth-order valence-corrected chi connectivity index (χ4v) is 4.63. The molecule has 148 valence electrons. The molecule has 0 spiro atoms. The SMILES string of the molecule is COC1(C(=O)NC2(C)CCC2)CCN(C2CCCN(C(=O)O)CC2)CC1. The lowest BCUT2D eigenvalue weighted by Crippen LogP contribution is -2.62. The van der Waals surface area contributed by atoms with Gasteiger partial charge in [-0.15, -0.1) is 0 Å². The Morgan fingerprint density at radius 3 is 2.27 bits per heavy atom. The number of likely N-dealkylation sites (tertiary alicyclic amines) is 2. The normalized spacial score (nSPS) is 28.7. The summed E-state index contributed by atoms with van der Waals surface area (Å²) in [6.07, 6.45) is 6.66. The zero-order valence-electron chi connectivity index (χ0n) is 16.1. The highest BCUT2D eigenvalue weighted by atomic mass is 16.5. The van der Waals surface area contributed by atoms with Crippen molar-refractivity contribution in [3.63, 3.8) is 0 Å². The predicted octanol–water partition coefficient (Wildman–Crippen LogP) is 2.06. The van der Waals surface area contributed by atoms with E-state index in [0.717, 1.165) is 45.2 Å². The van der Waals surface area contributed by atoms with Crippen molar-refractivity contribution in [3.8, 4) is 0 Å². The number of carbonyl (C=O) groups is 2. The summed E-state index contributed by atoms with van der Waals surface area (Å²) in [4.78, 5) is 28.0. The molecule has 1 aliphatic carbocycles. The van der Waals surface area contributed by atoms with Crippen molar-refractivity contribution in [2.75, 3.05) is 33.3 Å². The van der Waals surface area contributed by atoms with Crippen LogP contribution in [0.3, 0.4) is 0 Å². The molecule has 1 unspecified atom stereocenters. The largest absolute Gasteiger partial charge is 0.465 e. The molecule has 3 fully saturated rings. The number of ether oxygens (including phenoxy) is 1. The van der Waals surface area contributed by atoms with Gasteiger partial charge in [-0.1, -0.05) is 0 Å². The van der Waals surface area contributed by atoms with E-state index in [1.54, 1.807) is 7.11 Å². The van der Waals surface area contributed by atoms with E-state index < -0.39 is 11.7 Å². The smallest absolute Gasteiger partial charge is 0.407 e. The van der Waals surface area contributed by atoms with Crippen molar-refractivity contribution in [2.45, 2.75) is 75.5 Å². The summed E-state index contributed by atoms with van der Waals surface area (Å²) in [6.45, 7) is 5.01. The third-order valence-corrected chi connectivity index (χ3v) is 6.77. The fourth-order valence-electron chi connectivity index (χ4n) is 4.63. The highest BCUT2D eigenvalue weighted by molar-refractivity contribution is 5.86. The Bertz CT molecular complexity index is 527. The van der Waals surface area contributed by atoms with Gasteiger partial charge in [-0.05, 0) is 58.3 Å². The maximum Gasteiger partial charge on any atom is 0.407 e. The van der Waals surface area contributed by atoms with Crippen LogP contribution in [0.15, 0.2) is 0 Å². The van der Waals surface area contributed by atoms with Crippen LogP contribution in [0, 0.1) is 0 Å². The summed E-state index contributed by atoms with van der Waals surface area (Å²) in [5.41, 5.74) is -0.770. The highest BCUT2D eigenvalue weighted by Crippen LogP contribution is 2.34. The molecular formula is C19H33N3O4.